The first-order valence-electron chi connectivity index (χ1n) is 5.91. The van der Waals surface area contributed by atoms with Crippen LogP contribution in [0.1, 0.15) is 24.2 Å². The second-order valence-electron chi connectivity index (χ2n) is 4.24. The number of hydrogen-bond donors (Lipinski definition) is 1. The summed E-state index contributed by atoms with van der Waals surface area (Å²) in [5.74, 6) is 0.147. The first kappa shape index (κ1) is 13.8. The molecule has 0 unspecified atom stereocenters. The number of benzene rings is 2. The summed E-state index contributed by atoms with van der Waals surface area (Å²) in [4.78, 5) is 0. The predicted octanol–water partition coefficient (Wildman–Crippen LogP) is 4.11. The van der Waals surface area contributed by atoms with Crippen molar-refractivity contribution in [3.63, 3.8) is 0 Å². The van der Waals surface area contributed by atoms with E-state index in [-0.39, 0.29) is 6.61 Å². The molecule has 0 bridgehead atoms. The lowest BCUT2D eigenvalue weighted by Crippen LogP contribution is -2.02. The van der Waals surface area contributed by atoms with Gasteiger partial charge in [-0.1, -0.05) is 35.9 Å². The predicted molar refractivity (Wildman–Crippen MR) is 72.8 cm³/mol. The van der Waals surface area contributed by atoms with Crippen LogP contribution in [0, 0.1) is 5.82 Å². The monoisotopic (exact) mass is 280 g/mol. The van der Waals surface area contributed by atoms with Gasteiger partial charge >= 0.3 is 0 Å². The van der Waals surface area contributed by atoms with Crippen molar-refractivity contribution in [2.45, 2.75) is 19.6 Å². The number of ether oxygens (including phenoxy) is 1. The molecule has 0 aliphatic rings. The molecule has 0 aromatic heterocycles. The molecule has 100 valence electrons. The Kier molecular flexibility index (Phi) is 4.40. The maximum Gasteiger partial charge on any atom is 0.131 e. The topological polar surface area (TPSA) is 29.5 Å². The SMILES string of the molecule is C[C@@H](O)c1ccccc1OCc1ccc(Cl)cc1F. The van der Waals surface area contributed by atoms with Crippen LogP contribution in [-0.2, 0) is 6.61 Å². The van der Waals surface area contributed by atoms with Crippen molar-refractivity contribution in [1.29, 1.82) is 0 Å². The van der Waals surface area contributed by atoms with Gasteiger partial charge in [-0.05, 0) is 25.1 Å². The Bertz CT molecular complexity index is 570. The Labute approximate surface area is 116 Å². The molecule has 0 aliphatic carbocycles. The summed E-state index contributed by atoms with van der Waals surface area (Å²) in [6.45, 7) is 1.75. The third-order valence-electron chi connectivity index (χ3n) is 2.77. The summed E-state index contributed by atoms with van der Waals surface area (Å²) in [5, 5.41) is 9.97. The van der Waals surface area contributed by atoms with Crippen LogP contribution in [0.15, 0.2) is 42.5 Å². The Balaban J connectivity index is 2.14. The molecule has 4 heteroatoms. The first-order valence-corrected chi connectivity index (χ1v) is 6.29. The van der Waals surface area contributed by atoms with Gasteiger partial charge in [-0.3, -0.25) is 0 Å². The van der Waals surface area contributed by atoms with Crippen LogP contribution in [0.4, 0.5) is 4.39 Å². The molecule has 19 heavy (non-hydrogen) atoms. The summed E-state index contributed by atoms with van der Waals surface area (Å²) in [6.07, 6.45) is -0.633. The van der Waals surface area contributed by atoms with Gasteiger partial charge in [-0.25, -0.2) is 4.39 Å². The minimum absolute atomic E-state index is 0.0900. The van der Waals surface area contributed by atoms with Crippen LogP contribution in [0.25, 0.3) is 0 Å². The average Bonchev–Trinajstić information content (AvgIpc) is 2.38. The Morgan fingerprint density at radius 3 is 2.68 bits per heavy atom. The van der Waals surface area contributed by atoms with Crippen LogP contribution in [0.3, 0.4) is 0 Å². The minimum Gasteiger partial charge on any atom is -0.488 e. The molecule has 0 spiro atoms. The molecule has 0 fully saturated rings. The van der Waals surface area contributed by atoms with E-state index in [4.69, 9.17) is 16.3 Å². The number of para-hydroxylation sites is 1. The molecule has 1 atom stereocenters. The zero-order valence-corrected chi connectivity index (χ0v) is 11.2. The molecule has 0 heterocycles. The van der Waals surface area contributed by atoms with Crippen LogP contribution in [0.5, 0.6) is 5.75 Å². The van der Waals surface area contributed by atoms with E-state index in [9.17, 15) is 9.50 Å². The molecule has 0 aliphatic heterocycles. The Morgan fingerprint density at radius 2 is 2.00 bits per heavy atom. The summed E-state index contributed by atoms with van der Waals surface area (Å²) >= 11 is 5.69. The fourth-order valence-corrected chi connectivity index (χ4v) is 1.91. The van der Waals surface area contributed by atoms with E-state index < -0.39 is 11.9 Å². The fraction of sp³-hybridized carbons (Fsp3) is 0.200. The number of aliphatic hydroxyl groups excluding tert-OH is 1. The maximum absolute atomic E-state index is 13.6. The first-order chi connectivity index (χ1) is 9.08. The average molecular weight is 281 g/mol. The molecule has 2 nitrogen and oxygen atoms in total. The zero-order chi connectivity index (χ0) is 13.8. The highest BCUT2D eigenvalue weighted by Crippen LogP contribution is 2.26. The van der Waals surface area contributed by atoms with Gasteiger partial charge in [0.2, 0.25) is 0 Å². The normalized spacial score (nSPS) is 12.2. The number of rotatable bonds is 4. The highest BCUT2D eigenvalue weighted by molar-refractivity contribution is 6.30. The van der Waals surface area contributed by atoms with Gasteiger partial charge in [0.1, 0.15) is 18.2 Å². The van der Waals surface area contributed by atoms with Crippen LogP contribution in [-0.4, -0.2) is 5.11 Å². The summed E-state index contributed by atoms with van der Waals surface area (Å²) < 4.78 is 19.2. The lowest BCUT2D eigenvalue weighted by Gasteiger charge is -2.13. The minimum atomic E-state index is -0.633. The van der Waals surface area contributed by atoms with Crippen molar-refractivity contribution >= 4 is 11.6 Å². The summed E-state index contributed by atoms with van der Waals surface area (Å²) in [6, 6.07) is 11.6. The van der Waals surface area contributed by atoms with Crippen LogP contribution in [0.2, 0.25) is 5.02 Å². The van der Waals surface area contributed by atoms with E-state index in [1.54, 1.807) is 37.3 Å². The molecule has 0 saturated heterocycles. The molecule has 0 radical (unpaired) electrons. The standard InChI is InChI=1S/C15H14ClFO2/c1-10(18)13-4-2-3-5-15(13)19-9-11-6-7-12(16)8-14(11)17/h2-8,10,18H,9H2,1H3/t10-/m1/s1. The van der Waals surface area contributed by atoms with Crippen molar-refractivity contribution in [2.24, 2.45) is 0 Å². The Hall–Kier alpha value is -1.58. The largest absolute Gasteiger partial charge is 0.488 e. The molecule has 0 amide bonds. The number of halogens is 2. The van der Waals surface area contributed by atoms with Gasteiger partial charge in [0, 0.05) is 16.1 Å². The highest BCUT2D eigenvalue weighted by Gasteiger charge is 2.09. The Morgan fingerprint density at radius 1 is 1.26 bits per heavy atom. The molecular weight excluding hydrogens is 267 g/mol. The molecule has 2 rings (SSSR count). The molecule has 1 N–H and O–H groups in total. The van der Waals surface area contributed by atoms with E-state index in [0.717, 1.165) is 0 Å². The maximum atomic E-state index is 13.6. The van der Waals surface area contributed by atoms with Crippen molar-refractivity contribution in [2.75, 3.05) is 0 Å². The van der Waals surface area contributed by atoms with Crippen LogP contribution < -0.4 is 4.74 Å². The summed E-state index contributed by atoms with van der Waals surface area (Å²) in [7, 11) is 0. The smallest absolute Gasteiger partial charge is 0.131 e. The third-order valence-corrected chi connectivity index (χ3v) is 3.00. The lowest BCUT2D eigenvalue weighted by molar-refractivity contribution is 0.190. The third kappa shape index (κ3) is 3.46. The number of hydrogen-bond acceptors (Lipinski definition) is 2. The quantitative estimate of drug-likeness (QED) is 0.913. The molecular formula is C15H14ClFO2. The van der Waals surface area contributed by atoms with Crippen molar-refractivity contribution < 1.29 is 14.2 Å². The van der Waals surface area contributed by atoms with Crippen molar-refractivity contribution in [1.82, 2.24) is 0 Å². The van der Waals surface area contributed by atoms with Gasteiger partial charge in [0.25, 0.3) is 0 Å². The summed E-state index contributed by atoms with van der Waals surface area (Å²) in [5.41, 5.74) is 1.10. The van der Waals surface area contributed by atoms with Gasteiger partial charge in [0.05, 0.1) is 6.10 Å². The van der Waals surface area contributed by atoms with E-state index in [1.165, 1.54) is 6.07 Å². The van der Waals surface area contributed by atoms with Gasteiger partial charge in [-0.2, -0.15) is 0 Å². The van der Waals surface area contributed by atoms with E-state index in [1.807, 2.05) is 6.07 Å². The highest BCUT2D eigenvalue weighted by atomic mass is 35.5. The fourth-order valence-electron chi connectivity index (χ4n) is 1.75. The van der Waals surface area contributed by atoms with Gasteiger partial charge in [0.15, 0.2) is 0 Å². The number of aliphatic hydroxyl groups is 1. The van der Waals surface area contributed by atoms with Crippen molar-refractivity contribution in [3.05, 3.63) is 64.4 Å². The lowest BCUT2D eigenvalue weighted by atomic mass is 10.1. The van der Waals surface area contributed by atoms with Crippen LogP contribution >= 0.6 is 11.6 Å². The molecule has 2 aromatic carbocycles. The van der Waals surface area contributed by atoms with E-state index in [0.29, 0.717) is 21.9 Å². The second-order valence-corrected chi connectivity index (χ2v) is 4.67. The van der Waals surface area contributed by atoms with Gasteiger partial charge < -0.3 is 9.84 Å². The molecule has 2 aromatic rings. The van der Waals surface area contributed by atoms with E-state index in [2.05, 4.69) is 0 Å². The second kappa shape index (κ2) is 6.04. The van der Waals surface area contributed by atoms with Crippen molar-refractivity contribution in [3.8, 4) is 5.75 Å². The zero-order valence-electron chi connectivity index (χ0n) is 10.4. The van der Waals surface area contributed by atoms with E-state index >= 15 is 0 Å². The van der Waals surface area contributed by atoms with Gasteiger partial charge in [-0.15, -0.1) is 0 Å². The molecule has 0 saturated carbocycles.